The zero-order valence-electron chi connectivity index (χ0n) is 10.7. The number of hydrogen-bond acceptors (Lipinski definition) is 3. The second-order valence-corrected chi connectivity index (χ2v) is 5.41. The number of nitrogens with one attached hydrogen (secondary N) is 1. The van der Waals surface area contributed by atoms with Crippen molar-refractivity contribution < 1.29 is 4.42 Å². The third-order valence-electron chi connectivity index (χ3n) is 3.45. The molecule has 0 bridgehead atoms. The highest BCUT2D eigenvalue weighted by Crippen LogP contribution is 2.23. The quantitative estimate of drug-likeness (QED) is 0.928. The Hall–Kier alpha value is -1.32. The van der Waals surface area contributed by atoms with E-state index in [0.29, 0.717) is 0 Å². The molecule has 1 aliphatic heterocycles. The van der Waals surface area contributed by atoms with Gasteiger partial charge in [-0.05, 0) is 37.1 Å². The van der Waals surface area contributed by atoms with Crippen molar-refractivity contribution in [3.05, 3.63) is 52.7 Å². The molecule has 100 valence electrons. The molecular formula is C15H17ClN2O. The van der Waals surface area contributed by atoms with Crippen molar-refractivity contribution in [1.29, 1.82) is 0 Å². The molecule has 2 aromatic rings. The number of oxazole rings is 1. The summed E-state index contributed by atoms with van der Waals surface area (Å²) in [6, 6.07) is 8.12. The monoisotopic (exact) mass is 276 g/mol. The molecule has 0 radical (unpaired) electrons. The van der Waals surface area contributed by atoms with Crippen molar-refractivity contribution in [3.63, 3.8) is 0 Å². The summed E-state index contributed by atoms with van der Waals surface area (Å²) in [5.74, 6) is 1.71. The van der Waals surface area contributed by atoms with Crippen LogP contribution in [-0.2, 0) is 6.42 Å². The molecular weight excluding hydrogens is 260 g/mol. The first-order chi connectivity index (χ1) is 9.31. The lowest BCUT2D eigenvalue weighted by Gasteiger charge is -2.20. The number of benzene rings is 1. The lowest BCUT2D eigenvalue weighted by atomic mass is 10.1. The molecule has 1 aromatic heterocycles. The predicted octanol–water partition coefficient (Wildman–Crippen LogP) is 3.73. The summed E-state index contributed by atoms with van der Waals surface area (Å²) in [4.78, 5) is 4.40. The molecule has 0 spiro atoms. The van der Waals surface area contributed by atoms with Crippen molar-refractivity contribution >= 4 is 11.6 Å². The predicted molar refractivity (Wildman–Crippen MR) is 75.4 cm³/mol. The minimum Gasteiger partial charge on any atom is -0.444 e. The summed E-state index contributed by atoms with van der Waals surface area (Å²) in [5, 5.41) is 4.20. The van der Waals surface area contributed by atoms with Crippen LogP contribution in [0.4, 0.5) is 0 Å². The summed E-state index contributed by atoms with van der Waals surface area (Å²) in [5.41, 5.74) is 1.15. The van der Waals surface area contributed by atoms with Gasteiger partial charge >= 0.3 is 0 Å². The Morgan fingerprint density at radius 1 is 1.37 bits per heavy atom. The molecule has 1 unspecified atom stereocenters. The van der Waals surface area contributed by atoms with Gasteiger partial charge in [0, 0.05) is 11.4 Å². The summed E-state index contributed by atoms with van der Waals surface area (Å²) in [6.07, 6.45) is 6.15. The Bertz CT molecular complexity index is 547. The van der Waals surface area contributed by atoms with Gasteiger partial charge in [-0.2, -0.15) is 0 Å². The Labute approximate surface area is 118 Å². The minimum atomic E-state index is 0.280. The Kier molecular flexibility index (Phi) is 3.85. The second kappa shape index (κ2) is 5.76. The van der Waals surface area contributed by atoms with E-state index in [1.807, 2.05) is 30.5 Å². The number of rotatable bonds is 3. The molecule has 2 heterocycles. The minimum absolute atomic E-state index is 0.280. The van der Waals surface area contributed by atoms with Gasteiger partial charge in [0.1, 0.15) is 5.76 Å². The standard InChI is InChI=1S/C15H17ClN2O/c16-12-5-3-4-11(8-12)9-13-10-18-15(19-13)14-6-1-2-7-17-14/h3-5,8,10,14,17H,1-2,6-7,9H2. The van der Waals surface area contributed by atoms with Crippen LogP contribution < -0.4 is 5.32 Å². The second-order valence-electron chi connectivity index (χ2n) is 4.97. The smallest absolute Gasteiger partial charge is 0.211 e. The van der Waals surface area contributed by atoms with Gasteiger partial charge in [0.15, 0.2) is 0 Å². The highest BCUT2D eigenvalue weighted by atomic mass is 35.5. The van der Waals surface area contributed by atoms with Crippen LogP contribution in [0.15, 0.2) is 34.9 Å². The van der Waals surface area contributed by atoms with Gasteiger partial charge in [-0.3, -0.25) is 0 Å². The third-order valence-corrected chi connectivity index (χ3v) is 3.68. The fraction of sp³-hybridized carbons (Fsp3) is 0.400. The number of halogens is 1. The van der Waals surface area contributed by atoms with Crippen LogP contribution in [0.1, 0.15) is 42.5 Å². The maximum absolute atomic E-state index is 5.98. The highest BCUT2D eigenvalue weighted by molar-refractivity contribution is 6.30. The van der Waals surface area contributed by atoms with Crippen molar-refractivity contribution in [2.24, 2.45) is 0 Å². The van der Waals surface area contributed by atoms with Crippen LogP contribution >= 0.6 is 11.6 Å². The third kappa shape index (κ3) is 3.17. The molecule has 0 aliphatic carbocycles. The van der Waals surface area contributed by atoms with E-state index in [-0.39, 0.29) is 6.04 Å². The molecule has 3 nitrogen and oxygen atoms in total. The molecule has 1 aromatic carbocycles. The van der Waals surface area contributed by atoms with E-state index in [9.17, 15) is 0 Å². The molecule has 1 saturated heterocycles. The fourth-order valence-corrected chi connectivity index (χ4v) is 2.69. The molecule has 1 N–H and O–H groups in total. The number of hydrogen-bond donors (Lipinski definition) is 1. The van der Waals surface area contributed by atoms with Crippen LogP contribution in [0.25, 0.3) is 0 Å². The normalized spacial score (nSPS) is 19.5. The zero-order valence-corrected chi connectivity index (χ0v) is 11.5. The summed E-state index contributed by atoms with van der Waals surface area (Å²) < 4.78 is 5.85. The van der Waals surface area contributed by atoms with E-state index < -0.39 is 0 Å². The number of aromatic nitrogens is 1. The molecule has 0 amide bonds. The van der Waals surface area contributed by atoms with Crippen molar-refractivity contribution in [2.45, 2.75) is 31.7 Å². The maximum Gasteiger partial charge on any atom is 0.211 e. The maximum atomic E-state index is 5.98. The Morgan fingerprint density at radius 3 is 3.11 bits per heavy atom. The fourth-order valence-electron chi connectivity index (χ4n) is 2.48. The average Bonchev–Trinajstić information content (AvgIpc) is 2.88. The van der Waals surface area contributed by atoms with Gasteiger partial charge in [-0.15, -0.1) is 0 Å². The van der Waals surface area contributed by atoms with Crippen molar-refractivity contribution in [3.8, 4) is 0 Å². The largest absolute Gasteiger partial charge is 0.444 e. The lowest BCUT2D eigenvalue weighted by molar-refractivity contribution is 0.331. The topological polar surface area (TPSA) is 38.1 Å². The van der Waals surface area contributed by atoms with E-state index in [2.05, 4.69) is 10.3 Å². The molecule has 1 atom stereocenters. The molecule has 19 heavy (non-hydrogen) atoms. The van der Waals surface area contributed by atoms with Gasteiger partial charge < -0.3 is 9.73 Å². The summed E-state index contributed by atoms with van der Waals surface area (Å²) in [6.45, 7) is 1.05. The van der Waals surface area contributed by atoms with Gasteiger partial charge in [-0.1, -0.05) is 30.2 Å². The molecule has 1 fully saturated rings. The van der Waals surface area contributed by atoms with Gasteiger partial charge in [-0.25, -0.2) is 4.98 Å². The Balaban J connectivity index is 1.70. The molecule has 4 heteroatoms. The summed E-state index contributed by atoms with van der Waals surface area (Å²) in [7, 11) is 0. The molecule has 3 rings (SSSR count). The first-order valence-electron chi connectivity index (χ1n) is 6.74. The van der Waals surface area contributed by atoms with E-state index >= 15 is 0 Å². The van der Waals surface area contributed by atoms with E-state index in [4.69, 9.17) is 16.0 Å². The van der Waals surface area contributed by atoms with Gasteiger partial charge in [0.05, 0.1) is 12.2 Å². The zero-order chi connectivity index (χ0) is 13.1. The van der Waals surface area contributed by atoms with E-state index in [0.717, 1.165) is 41.6 Å². The SMILES string of the molecule is Clc1cccc(Cc2cnc(C3CCCCN3)o2)c1. The number of nitrogens with zero attached hydrogens (tertiary/aromatic N) is 1. The van der Waals surface area contributed by atoms with Crippen LogP contribution in [0, 0.1) is 0 Å². The van der Waals surface area contributed by atoms with Gasteiger partial charge in [0.2, 0.25) is 5.89 Å². The van der Waals surface area contributed by atoms with E-state index in [1.165, 1.54) is 12.8 Å². The lowest BCUT2D eigenvalue weighted by Crippen LogP contribution is -2.26. The average molecular weight is 277 g/mol. The van der Waals surface area contributed by atoms with Gasteiger partial charge in [0.25, 0.3) is 0 Å². The molecule has 0 saturated carbocycles. The van der Waals surface area contributed by atoms with Crippen molar-refractivity contribution in [2.75, 3.05) is 6.54 Å². The molecule has 1 aliphatic rings. The van der Waals surface area contributed by atoms with Crippen LogP contribution in [0.5, 0.6) is 0 Å². The first kappa shape index (κ1) is 12.7. The van der Waals surface area contributed by atoms with Crippen molar-refractivity contribution in [1.82, 2.24) is 10.3 Å². The highest BCUT2D eigenvalue weighted by Gasteiger charge is 2.19. The van der Waals surface area contributed by atoms with E-state index in [1.54, 1.807) is 0 Å². The van der Waals surface area contributed by atoms with Crippen LogP contribution in [0.2, 0.25) is 5.02 Å². The first-order valence-corrected chi connectivity index (χ1v) is 7.11. The van der Waals surface area contributed by atoms with Crippen LogP contribution in [-0.4, -0.2) is 11.5 Å². The number of piperidine rings is 1. The van der Waals surface area contributed by atoms with Crippen LogP contribution in [0.3, 0.4) is 0 Å². The summed E-state index contributed by atoms with van der Waals surface area (Å²) >= 11 is 5.98. The Morgan fingerprint density at radius 2 is 2.32 bits per heavy atom.